The highest BCUT2D eigenvalue weighted by molar-refractivity contribution is 5.70. The van der Waals surface area contributed by atoms with Gasteiger partial charge in [-0.1, -0.05) is 0 Å². The summed E-state index contributed by atoms with van der Waals surface area (Å²) in [6, 6.07) is -0.365. The first-order chi connectivity index (χ1) is 10.4. The van der Waals surface area contributed by atoms with Crippen LogP contribution >= 0.6 is 0 Å². The Morgan fingerprint density at radius 3 is 2.17 bits per heavy atom. The van der Waals surface area contributed by atoms with Crippen molar-refractivity contribution in [2.45, 2.75) is 65.2 Å². The van der Waals surface area contributed by atoms with E-state index < -0.39 is 23.4 Å². The van der Waals surface area contributed by atoms with Gasteiger partial charge in [0.05, 0.1) is 6.04 Å². The number of aliphatic hydroxyl groups is 1. The van der Waals surface area contributed by atoms with E-state index in [1.807, 2.05) is 20.8 Å². The minimum Gasteiger partial charge on any atom is -0.444 e. The van der Waals surface area contributed by atoms with Gasteiger partial charge >= 0.3 is 12.2 Å². The van der Waals surface area contributed by atoms with E-state index in [4.69, 9.17) is 9.47 Å². The van der Waals surface area contributed by atoms with Gasteiger partial charge in [0.25, 0.3) is 0 Å². The number of rotatable bonds is 2. The second kappa shape index (κ2) is 7.38. The summed E-state index contributed by atoms with van der Waals surface area (Å²) in [5, 5.41) is 12.2. The van der Waals surface area contributed by atoms with Crippen molar-refractivity contribution in [2.75, 3.05) is 19.7 Å². The zero-order valence-corrected chi connectivity index (χ0v) is 15.0. The molecule has 1 aliphatic rings. The predicted molar refractivity (Wildman–Crippen MR) is 86.2 cm³/mol. The van der Waals surface area contributed by atoms with Crippen molar-refractivity contribution in [1.29, 1.82) is 0 Å². The van der Waals surface area contributed by atoms with Crippen molar-refractivity contribution in [3.05, 3.63) is 0 Å². The zero-order chi connectivity index (χ0) is 17.8. The van der Waals surface area contributed by atoms with Crippen molar-refractivity contribution < 1.29 is 24.2 Å². The molecule has 134 valence electrons. The first-order valence-corrected chi connectivity index (χ1v) is 7.99. The maximum Gasteiger partial charge on any atom is 0.410 e. The van der Waals surface area contributed by atoms with E-state index in [0.29, 0.717) is 19.5 Å². The van der Waals surface area contributed by atoms with Gasteiger partial charge in [0.15, 0.2) is 0 Å². The number of nitrogens with zero attached hydrogens (tertiary/aromatic N) is 1. The lowest BCUT2D eigenvalue weighted by Gasteiger charge is -2.38. The van der Waals surface area contributed by atoms with Crippen LogP contribution in [0.2, 0.25) is 0 Å². The third-order valence-corrected chi connectivity index (χ3v) is 3.34. The van der Waals surface area contributed by atoms with Gasteiger partial charge in [0.2, 0.25) is 0 Å². The van der Waals surface area contributed by atoms with Crippen LogP contribution in [0, 0.1) is 5.92 Å². The summed E-state index contributed by atoms with van der Waals surface area (Å²) in [7, 11) is 0. The lowest BCUT2D eigenvalue weighted by Crippen LogP contribution is -2.56. The van der Waals surface area contributed by atoms with E-state index in [0.717, 1.165) is 0 Å². The maximum absolute atomic E-state index is 12.2. The van der Waals surface area contributed by atoms with Crippen LogP contribution in [-0.4, -0.2) is 59.1 Å². The Morgan fingerprint density at radius 1 is 1.13 bits per heavy atom. The topological polar surface area (TPSA) is 88.1 Å². The molecule has 1 fully saturated rings. The van der Waals surface area contributed by atoms with Gasteiger partial charge < -0.3 is 24.8 Å². The molecule has 1 aliphatic heterocycles. The fourth-order valence-corrected chi connectivity index (χ4v) is 2.33. The third kappa shape index (κ3) is 7.07. The summed E-state index contributed by atoms with van der Waals surface area (Å²) in [4.78, 5) is 25.7. The Bertz CT molecular complexity index is 425. The number of carbonyl (C=O) groups is 2. The third-order valence-electron chi connectivity index (χ3n) is 3.34. The average molecular weight is 330 g/mol. The number of hydrogen-bond donors (Lipinski definition) is 2. The van der Waals surface area contributed by atoms with Crippen LogP contribution in [0.1, 0.15) is 48.0 Å². The summed E-state index contributed by atoms with van der Waals surface area (Å²) in [6.07, 6.45) is -0.368. The lowest BCUT2D eigenvalue weighted by molar-refractivity contribution is 0.00628. The minimum atomic E-state index is -0.599. The van der Waals surface area contributed by atoms with Gasteiger partial charge in [0.1, 0.15) is 11.2 Å². The molecule has 1 saturated heterocycles. The number of hydrogen-bond acceptors (Lipinski definition) is 5. The Hall–Kier alpha value is -1.50. The Balaban J connectivity index is 2.68. The van der Waals surface area contributed by atoms with E-state index in [1.165, 1.54) is 0 Å². The molecule has 1 heterocycles. The molecule has 0 saturated carbocycles. The molecule has 23 heavy (non-hydrogen) atoms. The summed E-state index contributed by atoms with van der Waals surface area (Å²) >= 11 is 0. The molecule has 7 heteroatoms. The number of likely N-dealkylation sites (tertiary alicyclic amines) is 1. The van der Waals surface area contributed by atoms with Gasteiger partial charge in [-0.15, -0.1) is 0 Å². The number of carbonyl (C=O) groups excluding carboxylic acids is 2. The summed E-state index contributed by atoms with van der Waals surface area (Å²) in [5.41, 5.74) is -1.17. The highest BCUT2D eigenvalue weighted by atomic mass is 16.6. The van der Waals surface area contributed by atoms with Crippen LogP contribution in [0.25, 0.3) is 0 Å². The Labute approximate surface area is 138 Å². The minimum absolute atomic E-state index is 0.0530. The lowest BCUT2D eigenvalue weighted by atomic mass is 9.92. The molecule has 1 rings (SSSR count). The SMILES string of the molecule is CC(C)(C)OC(=O)NC1CN(C(=O)OC(C)(C)C)CCC1CO. The second-order valence-electron chi connectivity index (χ2n) is 7.91. The van der Waals surface area contributed by atoms with Crippen molar-refractivity contribution in [1.82, 2.24) is 10.2 Å². The standard InChI is InChI=1S/C16H30N2O5/c1-15(2,3)22-13(20)17-12-9-18(8-7-11(12)10-19)14(21)23-16(4,5)6/h11-12,19H,7-10H2,1-6H3,(H,17,20). The molecule has 0 aromatic carbocycles. The first-order valence-electron chi connectivity index (χ1n) is 7.99. The van der Waals surface area contributed by atoms with E-state index in [9.17, 15) is 14.7 Å². The highest BCUT2D eigenvalue weighted by Crippen LogP contribution is 2.20. The van der Waals surface area contributed by atoms with Gasteiger partial charge in [-0.05, 0) is 48.0 Å². The number of piperidine rings is 1. The molecule has 2 amide bonds. The quantitative estimate of drug-likeness (QED) is 0.810. The largest absolute Gasteiger partial charge is 0.444 e. The predicted octanol–water partition coefficient (Wildman–Crippen LogP) is 2.13. The summed E-state index contributed by atoms with van der Waals surface area (Å²) in [6.45, 7) is 11.5. The molecule has 0 bridgehead atoms. The van der Waals surface area contributed by atoms with Crippen LogP contribution < -0.4 is 5.32 Å². The van der Waals surface area contributed by atoms with Crippen molar-refractivity contribution in [2.24, 2.45) is 5.92 Å². The molecule has 0 aromatic heterocycles. The fraction of sp³-hybridized carbons (Fsp3) is 0.875. The van der Waals surface area contributed by atoms with Crippen LogP contribution in [0.15, 0.2) is 0 Å². The highest BCUT2D eigenvalue weighted by Gasteiger charge is 2.34. The van der Waals surface area contributed by atoms with Crippen LogP contribution in [0.5, 0.6) is 0 Å². The van der Waals surface area contributed by atoms with E-state index in [1.54, 1.807) is 25.7 Å². The number of aliphatic hydroxyl groups excluding tert-OH is 1. The molecular formula is C16H30N2O5. The summed E-state index contributed by atoms with van der Waals surface area (Å²) < 4.78 is 10.6. The first kappa shape index (κ1) is 19.5. The van der Waals surface area contributed by atoms with Gasteiger partial charge in [-0.25, -0.2) is 9.59 Å². The van der Waals surface area contributed by atoms with Crippen LogP contribution in [0.4, 0.5) is 9.59 Å². The van der Waals surface area contributed by atoms with Crippen molar-refractivity contribution >= 4 is 12.2 Å². The fourth-order valence-electron chi connectivity index (χ4n) is 2.33. The molecule has 7 nitrogen and oxygen atoms in total. The molecule has 0 aliphatic carbocycles. The van der Waals surface area contributed by atoms with Gasteiger partial charge in [-0.2, -0.15) is 0 Å². The van der Waals surface area contributed by atoms with Crippen molar-refractivity contribution in [3.63, 3.8) is 0 Å². The van der Waals surface area contributed by atoms with E-state index in [-0.39, 0.29) is 18.6 Å². The Morgan fingerprint density at radius 2 is 1.70 bits per heavy atom. The molecule has 2 unspecified atom stereocenters. The van der Waals surface area contributed by atoms with Crippen LogP contribution in [0.3, 0.4) is 0 Å². The smallest absolute Gasteiger partial charge is 0.410 e. The van der Waals surface area contributed by atoms with Gasteiger partial charge in [-0.3, -0.25) is 0 Å². The van der Waals surface area contributed by atoms with Crippen molar-refractivity contribution in [3.8, 4) is 0 Å². The normalized spacial score (nSPS) is 22.5. The molecule has 0 aromatic rings. The Kier molecular flexibility index (Phi) is 6.27. The molecule has 0 spiro atoms. The summed E-state index contributed by atoms with van der Waals surface area (Å²) in [5.74, 6) is -0.110. The number of nitrogens with one attached hydrogen (secondary N) is 1. The number of alkyl carbamates (subject to hydrolysis) is 1. The maximum atomic E-state index is 12.2. The van der Waals surface area contributed by atoms with E-state index in [2.05, 4.69) is 5.32 Å². The molecule has 0 radical (unpaired) electrons. The van der Waals surface area contributed by atoms with Gasteiger partial charge in [0, 0.05) is 25.6 Å². The molecular weight excluding hydrogens is 300 g/mol. The van der Waals surface area contributed by atoms with Crippen LogP contribution in [-0.2, 0) is 9.47 Å². The molecule has 2 N–H and O–H groups in total. The second-order valence-corrected chi connectivity index (χ2v) is 7.91. The molecule has 2 atom stereocenters. The average Bonchev–Trinajstić information content (AvgIpc) is 2.34. The number of amides is 2. The number of ether oxygens (including phenoxy) is 2. The monoisotopic (exact) mass is 330 g/mol. The van der Waals surface area contributed by atoms with E-state index >= 15 is 0 Å². The zero-order valence-electron chi connectivity index (χ0n) is 15.0.